The number of ether oxygens (including phenoxy) is 1. The molecule has 0 fully saturated rings. The van der Waals surface area contributed by atoms with E-state index < -0.39 is 23.9 Å². The predicted molar refractivity (Wildman–Crippen MR) is 54.4 cm³/mol. The molecule has 0 N–H and O–H groups in total. The summed E-state index contributed by atoms with van der Waals surface area (Å²) in [5.74, 6) is 0. The number of amides is 1. The van der Waals surface area contributed by atoms with Crippen LogP contribution in [0.15, 0.2) is 0 Å². The smallest absolute Gasteiger partial charge is 0.410 e. The van der Waals surface area contributed by atoms with Crippen molar-refractivity contribution >= 4 is 12.4 Å². The number of nitrogens with zero attached hydrogens (tertiary/aromatic N) is 1. The van der Waals surface area contributed by atoms with Crippen LogP contribution in [0.2, 0.25) is 0 Å². The largest absolute Gasteiger partial charge is 0.444 e. The van der Waals surface area contributed by atoms with Crippen molar-refractivity contribution in [2.45, 2.75) is 45.5 Å². The van der Waals surface area contributed by atoms with E-state index in [9.17, 15) is 14.0 Å². The van der Waals surface area contributed by atoms with Crippen molar-refractivity contribution in [1.82, 2.24) is 4.90 Å². The van der Waals surface area contributed by atoms with Crippen molar-refractivity contribution < 1.29 is 18.7 Å². The molecule has 0 aliphatic heterocycles. The predicted octanol–water partition coefficient (Wildman–Crippen LogP) is 1.78. The highest BCUT2D eigenvalue weighted by Gasteiger charge is 2.28. The molecule has 0 aromatic heterocycles. The standard InChI is InChI=1S/C10H18FNO3/c1-7(11)8(6-13)12(5)9(14)15-10(2,3)4/h6-8H,1-5H3. The van der Waals surface area contributed by atoms with Gasteiger partial charge in [-0.25, -0.2) is 9.18 Å². The van der Waals surface area contributed by atoms with Crippen LogP contribution >= 0.6 is 0 Å². The maximum Gasteiger partial charge on any atom is 0.410 e. The summed E-state index contributed by atoms with van der Waals surface area (Å²) in [6, 6.07) is -1.10. The van der Waals surface area contributed by atoms with Gasteiger partial charge in [-0.05, 0) is 27.7 Å². The fraction of sp³-hybridized carbons (Fsp3) is 0.800. The van der Waals surface area contributed by atoms with E-state index >= 15 is 0 Å². The van der Waals surface area contributed by atoms with Crippen LogP contribution in [0.1, 0.15) is 27.7 Å². The summed E-state index contributed by atoms with van der Waals surface area (Å²) in [5, 5.41) is 0. The van der Waals surface area contributed by atoms with Crippen molar-refractivity contribution in [1.29, 1.82) is 0 Å². The SMILES string of the molecule is CC(F)C(C=O)N(C)C(=O)OC(C)(C)C. The summed E-state index contributed by atoms with van der Waals surface area (Å²) in [7, 11) is 1.34. The number of alkyl halides is 1. The third-order valence-corrected chi connectivity index (χ3v) is 1.74. The van der Waals surface area contributed by atoms with Gasteiger partial charge in [0, 0.05) is 7.05 Å². The molecule has 0 aromatic rings. The van der Waals surface area contributed by atoms with Gasteiger partial charge in [0.25, 0.3) is 0 Å². The fourth-order valence-corrected chi connectivity index (χ4v) is 0.963. The maximum atomic E-state index is 12.9. The molecule has 2 atom stereocenters. The molecule has 4 nitrogen and oxygen atoms in total. The Kier molecular flexibility index (Phi) is 4.71. The number of hydrogen-bond donors (Lipinski definition) is 0. The molecule has 2 unspecified atom stereocenters. The average Bonchev–Trinajstić information content (AvgIpc) is 2.01. The highest BCUT2D eigenvalue weighted by Crippen LogP contribution is 2.12. The zero-order valence-electron chi connectivity index (χ0n) is 9.78. The lowest BCUT2D eigenvalue weighted by atomic mass is 10.2. The van der Waals surface area contributed by atoms with E-state index in [1.54, 1.807) is 20.8 Å². The van der Waals surface area contributed by atoms with Crippen LogP contribution in [0, 0.1) is 0 Å². The molecular weight excluding hydrogens is 201 g/mol. The number of carbonyl (C=O) groups excluding carboxylic acids is 2. The van der Waals surface area contributed by atoms with Gasteiger partial charge in [0.05, 0.1) is 0 Å². The van der Waals surface area contributed by atoms with Crippen LogP contribution in [0.5, 0.6) is 0 Å². The van der Waals surface area contributed by atoms with Crippen molar-refractivity contribution in [3.63, 3.8) is 0 Å². The van der Waals surface area contributed by atoms with Crippen molar-refractivity contribution in [3.05, 3.63) is 0 Å². The molecule has 0 radical (unpaired) electrons. The molecule has 88 valence electrons. The summed E-state index contributed by atoms with van der Waals surface area (Å²) >= 11 is 0. The summed E-state index contributed by atoms with van der Waals surface area (Å²) in [6.45, 7) is 6.33. The molecule has 1 amide bonds. The molecular formula is C10H18FNO3. The molecule has 0 heterocycles. The third-order valence-electron chi connectivity index (χ3n) is 1.74. The molecule has 0 aliphatic rings. The van der Waals surface area contributed by atoms with Crippen LogP contribution in [-0.4, -0.2) is 42.1 Å². The van der Waals surface area contributed by atoms with Gasteiger partial charge in [-0.2, -0.15) is 0 Å². The first kappa shape index (κ1) is 13.9. The molecule has 0 spiro atoms. The van der Waals surface area contributed by atoms with Gasteiger partial charge < -0.3 is 9.53 Å². The number of halogens is 1. The first-order valence-electron chi connectivity index (χ1n) is 4.74. The van der Waals surface area contributed by atoms with Crippen LogP contribution in [0.25, 0.3) is 0 Å². The number of likely N-dealkylation sites (N-methyl/N-ethyl adjacent to an activating group) is 1. The lowest BCUT2D eigenvalue weighted by molar-refractivity contribution is -0.113. The van der Waals surface area contributed by atoms with E-state index in [-0.39, 0.29) is 0 Å². The van der Waals surface area contributed by atoms with Crippen LogP contribution in [-0.2, 0) is 9.53 Å². The number of rotatable bonds is 3. The van der Waals surface area contributed by atoms with Gasteiger partial charge in [-0.15, -0.1) is 0 Å². The van der Waals surface area contributed by atoms with Crippen molar-refractivity contribution in [2.24, 2.45) is 0 Å². The Morgan fingerprint density at radius 2 is 1.93 bits per heavy atom. The van der Waals surface area contributed by atoms with Gasteiger partial charge in [-0.1, -0.05) is 0 Å². The molecule has 5 heteroatoms. The topological polar surface area (TPSA) is 46.6 Å². The lowest BCUT2D eigenvalue weighted by Crippen LogP contribution is -2.45. The minimum absolute atomic E-state index is 0.397. The summed E-state index contributed by atoms with van der Waals surface area (Å²) in [5.41, 5.74) is -0.654. The Morgan fingerprint density at radius 1 is 1.47 bits per heavy atom. The molecule has 0 aliphatic carbocycles. The van der Waals surface area contributed by atoms with E-state index in [0.717, 1.165) is 4.90 Å². The Bertz CT molecular complexity index is 235. The van der Waals surface area contributed by atoms with Crippen LogP contribution in [0.3, 0.4) is 0 Å². The van der Waals surface area contributed by atoms with Gasteiger partial charge >= 0.3 is 6.09 Å². The minimum Gasteiger partial charge on any atom is -0.444 e. The van der Waals surface area contributed by atoms with Gasteiger partial charge in [-0.3, -0.25) is 4.90 Å². The number of carbonyl (C=O) groups is 2. The molecule has 15 heavy (non-hydrogen) atoms. The number of hydrogen-bond acceptors (Lipinski definition) is 3. The molecule has 0 bridgehead atoms. The highest BCUT2D eigenvalue weighted by atomic mass is 19.1. The average molecular weight is 219 g/mol. The maximum absolute atomic E-state index is 12.9. The molecule has 0 saturated carbocycles. The zero-order chi connectivity index (χ0) is 12.2. The van der Waals surface area contributed by atoms with Crippen LogP contribution < -0.4 is 0 Å². The minimum atomic E-state index is -1.42. The molecule has 0 aromatic carbocycles. The Balaban J connectivity index is 4.49. The monoisotopic (exact) mass is 219 g/mol. The van der Waals surface area contributed by atoms with E-state index in [4.69, 9.17) is 4.74 Å². The Hall–Kier alpha value is -1.13. The quantitative estimate of drug-likeness (QED) is 0.680. The molecule has 0 rings (SSSR count). The van der Waals surface area contributed by atoms with E-state index in [1.165, 1.54) is 14.0 Å². The van der Waals surface area contributed by atoms with Crippen molar-refractivity contribution in [3.8, 4) is 0 Å². The van der Waals surface area contributed by atoms with E-state index in [1.807, 2.05) is 0 Å². The second kappa shape index (κ2) is 5.09. The molecule has 0 saturated heterocycles. The lowest BCUT2D eigenvalue weighted by Gasteiger charge is -2.28. The normalized spacial score (nSPS) is 15.3. The summed E-state index contributed by atoms with van der Waals surface area (Å²) < 4.78 is 17.9. The summed E-state index contributed by atoms with van der Waals surface area (Å²) in [4.78, 5) is 23.0. The highest BCUT2D eigenvalue weighted by molar-refractivity contribution is 5.73. The van der Waals surface area contributed by atoms with Crippen molar-refractivity contribution in [2.75, 3.05) is 7.05 Å². The zero-order valence-corrected chi connectivity index (χ0v) is 9.78. The summed E-state index contributed by atoms with van der Waals surface area (Å²) in [6.07, 6.45) is -1.72. The second-order valence-corrected chi connectivity index (χ2v) is 4.40. The van der Waals surface area contributed by atoms with E-state index in [0.29, 0.717) is 6.29 Å². The third kappa shape index (κ3) is 4.76. The Morgan fingerprint density at radius 3 is 2.20 bits per heavy atom. The first-order valence-corrected chi connectivity index (χ1v) is 4.74. The fourth-order valence-electron chi connectivity index (χ4n) is 0.963. The van der Waals surface area contributed by atoms with E-state index in [2.05, 4.69) is 0 Å². The first-order chi connectivity index (χ1) is 6.69. The van der Waals surface area contributed by atoms with Gasteiger partial charge in [0.15, 0.2) is 0 Å². The van der Waals surface area contributed by atoms with Gasteiger partial charge in [0.2, 0.25) is 0 Å². The van der Waals surface area contributed by atoms with Crippen LogP contribution in [0.4, 0.5) is 9.18 Å². The second-order valence-electron chi connectivity index (χ2n) is 4.40. The van der Waals surface area contributed by atoms with Gasteiger partial charge in [0.1, 0.15) is 24.1 Å². The Labute approximate surface area is 89.4 Å². The number of aldehydes is 1.